The van der Waals surface area contributed by atoms with E-state index in [-0.39, 0.29) is 11.7 Å². The highest BCUT2D eigenvalue weighted by Gasteiger charge is 2.33. The summed E-state index contributed by atoms with van der Waals surface area (Å²) >= 11 is 0. The van der Waals surface area contributed by atoms with E-state index in [1.807, 2.05) is 48.0 Å². The lowest BCUT2D eigenvalue weighted by molar-refractivity contribution is -0.123. The van der Waals surface area contributed by atoms with Gasteiger partial charge in [0.1, 0.15) is 11.5 Å². The number of rotatable bonds is 11. The molecule has 4 aromatic rings. The normalized spacial score (nSPS) is 14.2. The summed E-state index contributed by atoms with van der Waals surface area (Å²) in [6.07, 6.45) is 9.54. The lowest BCUT2D eigenvalue weighted by atomic mass is 9.88. The number of phenols is 1. The van der Waals surface area contributed by atoms with Gasteiger partial charge in [0, 0.05) is 18.9 Å². The fourth-order valence-electron chi connectivity index (χ4n) is 5.27. The summed E-state index contributed by atoms with van der Waals surface area (Å²) in [5.41, 5.74) is 5.57. The third-order valence-corrected chi connectivity index (χ3v) is 7.35. The molecule has 1 aliphatic rings. The van der Waals surface area contributed by atoms with Crippen LogP contribution in [0.5, 0.6) is 23.0 Å². The summed E-state index contributed by atoms with van der Waals surface area (Å²) in [5.74, 6) is 1.37. The van der Waals surface area contributed by atoms with Crippen molar-refractivity contribution in [1.29, 1.82) is 0 Å². The summed E-state index contributed by atoms with van der Waals surface area (Å²) in [5, 5.41) is 13.5. The monoisotopic (exact) mass is 555 g/mol. The predicted molar refractivity (Wildman–Crippen MR) is 156 cm³/mol. The number of aromatic nitrogens is 2. The summed E-state index contributed by atoms with van der Waals surface area (Å²) < 4.78 is 23.7. The van der Waals surface area contributed by atoms with E-state index >= 15 is 0 Å². The first kappa shape index (κ1) is 27.6. The molecule has 1 unspecified atom stereocenters. The Morgan fingerprint density at radius 3 is 2.51 bits per heavy atom. The maximum Gasteiger partial charge on any atom is 0.228 e. The zero-order valence-corrected chi connectivity index (χ0v) is 23.5. The third-order valence-electron chi connectivity index (χ3n) is 7.35. The van der Waals surface area contributed by atoms with E-state index in [0.29, 0.717) is 42.5 Å². The molecular weight excluding hydrogens is 522 g/mol. The minimum Gasteiger partial charge on any atom is -0.502 e. The fourth-order valence-corrected chi connectivity index (χ4v) is 5.27. The number of benzene rings is 2. The Labute approximate surface area is 238 Å². The van der Waals surface area contributed by atoms with Crippen molar-refractivity contribution in [1.82, 2.24) is 14.9 Å². The number of fused-ring (bicyclic) bond motifs is 1. The van der Waals surface area contributed by atoms with Crippen LogP contribution in [0.2, 0.25) is 0 Å². The second-order valence-corrected chi connectivity index (χ2v) is 9.72. The number of carbonyl (C=O) groups excluding carboxylic acids is 1. The van der Waals surface area contributed by atoms with Gasteiger partial charge in [-0.25, -0.2) is 4.98 Å². The van der Waals surface area contributed by atoms with Gasteiger partial charge in [-0.15, -0.1) is 0 Å². The molecule has 212 valence electrons. The Morgan fingerprint density at radius 2 is 1.88 bits per heavy atom. The third kappa shape index (κ3) is 5.70. The van der Waals surface area contributed by atoms with E-state index in [0.717, 1.165) is 33.4 Å². The molecule has 2 aromatic carbocycles. The van der Waals surface area contributed by atoms with E-state index in [1.165, 1.54) is 14.2 Å². The van der Waals surface area contributed by atoms with Crippen molar-refractivity contribution in [3.8, 4) is 23.0 Å². The largest absolute Gasteiger partial charge is 0.502 e. The van der Waals surface area contributed by atoms with Gasteiger partial charge in [-0.1, -0.05) is 6.07 Å². The number of aromatic hydroxyl groups is 1. The van der Waals surface area contributed by atoms with Crippen molar-refractivity contribution in [2.45, 2.75) is 26.4 Å². The van der Waals surface area contributed by atoms with Gasteiger partial charge in [-0.3, -0.25) is 4.79 Å². The number of hydrogen-bond donors (Lipinski definition) is 2. The van der Waals surface area contributed by atoms with Crippen LogP contribution in [0.25, 0.3) is 17.2 Å². The summed E-state index contributed by atoms with van der Waals surface area (Å²) in [6.45, 7) is 2.94. The van der Waals surface area contributed by atoms with Crippen molar-refractivity contribution < 1.29 is 28.5 Å². The van der Waals surface area contributed by atoms with Crippen LogP contribution in [0.15, 0.2) is 77.4 Å². The number of imidazole rings is 1. The average molecular weight is 556 g/mol. The van der Waals surface area contributed by atoms with E-state index in [2.05, 4.69) is 10.3 Å². The lowest BCUT2D eigenvalue weighted by Gasteiger charge is -2.21. The molecular formula is C32H33N3O6. The number of nitrogens with zero attached hydrogens (tertiary/aromatic N) is 2. The van der Waals surface area contributed by atoms with Gasteiger partial charge in [0.05, 0.1) is 46.4 Å². The van der Waals surface area contributed by atoms with Gasteiger partial charge in [0.2, 0.25) is 11.7 Å². The summed E-state index contributed by atoms with van der Waals surface area (Å²) in [6, 6.07) is 13.1. The van der Waals surface area contributed by atoms with Crippen LogP contribution >= 0.6 is 0 Å². The smallest absolute Gasteiger partial charge is 0.228 e. The van der Waals surface area contributed by atoms with Crippen LogP contribution in [0.3, 0.4) is 0 Å². The molecule has 9 nitrogen and oxygen atoms in total. The highest BCUT2D eigenvalue weighted by molar-refractivity contribution is 6.09. The number of carbonyl (C=O) groups is 1. The maximum atomic E-state index is 13.8. The Hall–Kier alpha value is -4.92. The molecule has 0 saturated carbocycles. The van der Waals surface area contributed by atoms with Gasteiger partial charge in [0.25, 0.3) is 0 Å². The molecule has 41 heavy (non-hydrogen) atoms. The second kappa shape index (κ2) is 12.1. The van der Waals surface area contributed by atoms with Crippen LogP contribution < -0.4 is 19.5 Å². The van der Waals surface area contributed by atoms with E-state index in [1.54, 1.807) is 44.1 Å². The van der Waals surface area contributed by atoms with Gasteiger partial charge in [-0.05, 0) is 89.2 Å². The standard InChI is InChI=1S/C32H33N3O6/c1-20-26(14-21-15-28(39-3)31(36)29(16-21)40-4)24-8-7-22(38-2)17-27(24)30(20)25(9-11-35-12-10-33-19-35)32(37)34-18-23-6-5-13-41-23/h5-8,10,12-17,19,25,36H,9,11,18H2,1-4H3,(H,34,37)/b26-14-. The molecule has 2 heterocycles. The predicted octanol–water partition coefficient (Wildman–Crippen LogP) is 5.56. The highest BCUT2D eigenvalue weighted by Crippen LogP contribution is 2.48. The molecule has 5 rings (SSSR count). The van der Waals surface area contributed by atoms with Crippen molar-refractivity contribution in [2.24, 2.45) is 5.92 Å². The van der Waals surface area contributed by atoms with Gasteiger partial charge >= 0.3 is 0 Å². The number of allylic oxidation sites excluding steroid dienone is 2. The summed E-state index contributed by atoms with van der Waals surface area (Å²) in [4.78, 5) is 18.0. The Kier molecular flexibility index (Phi) is 8.14. The van der Waals surface area contributed by atoms with Gasteiger partial charge in [0.15, 0.2) is 11.5 Å². The number of phenolic OH excluding ortho intramolecular Hbond substituents is 1. The molecule has 0 spiro atoms. The molecule has 0 radical (unpaired) electrons. The number of hydrogen-bond acceptors (Lipinski definition) is 7. The Balaban J connectivity index is 1.60. The molecule has 1 atom stereocenters. The molecule has 2 aromatic heterocycles. The maximum absolute atomic E-state index is 13.8. The van der Waals surface area contributed by atoms with Crippen molar-refractivity contribution in [3.05, 3.63) is 95.5 Å². The first-order valence-corrected chi connectivity index (χ1v) is 13.3. The molecule has 0 fully saturated rings. The van der Waals surface area contributed by atoms with Gasteiger partial charge < -0.3 is 33.6 Å². The highest BCUT2D eigenvalue weighted by atomic mass is 16.5. The number of ether oxygens (including phenoxy) is 3. The molecule has 0 saturated heterocycles. The second-order valence-electron chi connectivity index (χ2n) is 9.72. The zero-order chi connectivity index (χ0) is 28.9. The Morgan fingerprint density at radius 1 is 1.10 bits per heavy atom. The van der Waals surface area contributed by atoms with Crippen LogP contribution in [0.4, 0.5) is 0 Å². The molecule has 0 aliphatic heterocycles. The average Bonchev–Trinajstić information content (AvgIpc) is 3.76. The molecule has 2 N–H and O–H groups in total. The van der Waals surface area contributed by atoms with Crippen LogP contribution in [0, 0.1) is 5.92 Å². The minimum atomic E-state index is -0.465. The molecule has 1 amide bonds. The van der Waals surface area contributed by atoms with Crippen molar-refractivity contribution in [3.63, 3.8) is 0 Å². The van der Waals surface area contributed by atoms with Crippen LogP contribution in [-0.4, -0.2) is 41.9 Å². The first-order chi connectivity index (χ1) is 19.9. The van der Waals surface area contributed by atoms with Crippen LogP contribution in [0.1, 0.15) is 35.8 Å². The van der Waals surface area contributed by atoms with Crippen molar-refractivity contribution >= 4 is 23.1 Å². The fraction of sp³-hybridized carbons (Fsp3) is 0.250. The van der Waals surface area contributed by atoms with E-state index < -0.39 is 5.92 Å². The topological polar surface area (TPSA) is 108 Å². The molecule has 1 aliphatic carbocycles. The van der Waals surface area contributed by atoms with E-state index in [9.17, 15) is 9.90 Å². The number of nitrogens with one attached hydrogen (secondary N) is 1. The zero-order valence-electron chi connectivity index (χ0n) is 23.5. The number of aryl methyl sites for hydroxylation is 1. The number of furan rings is 1. The Bertz CT molecular complexity index is 1560. The first-order valence-electron chi connectivity index (χ1n) is 13.3. The van der Waals surface area contributed by atoms with Crippen molar-refractivity contribution in [2.75, 3.05) is 21.3 Å². The minimum absolute atomic E-state index is 0.0607. The summed E-state index contributed by atoms with van der Waals surface area (Å²) in [7, 11) is 4.63. The van der Waals surface area contributed by atoms with Gasteiger partial charge in [-0.2, -0.15) is 0 Å². The van der Waals surface area contributed by atoms with E-state index in [4.69, 9.17) is 18.6 Å². The number of amides is 1. The SMILES string of the molecule is COc1ccc2c(c1)C(C(CCn1ccnc1)C(=O)NCc1ccco1)=C(C)/C2=C/c1cc(OC)c(O)c(OC)c1. The lowest BCUT2D eigenvalue weighted by Crippen LogP contribution is -2.31. The molecule has 0 bridgehead atoms. The number of methoxy groups -OCH3 is 3. The molecule has 9 heteroatoms. The van der Waals surface area contributed by atoms with Crippen LogP contribution in [-0.2, 0) is 17.9 Å². The quantitative estimate of drug-likeness (QED) is 0.250.